The summed E-state index contributed by atoms with van der Waals surface area (Å²) in [5.74, 6) is 1.22. The van der Waals surface area contributed by atoms with Crippen LogP contribution in [0.5, 0.6) is 0 Å². The normalized spacial score (nSPS) is 16.3. The highest BCUT2D eigenvalue weighted by molar-refractivity contribution is 7.19. The van der Waals surface area contributed by atoms with Crippen LogP contribution in [-0.4, -0.2) is 38.4 Å². The molecule has 2 saturated carbocycles. The summed E-state index contributed by atoms with van der Waals surface area (Å²) >= 11 is 1.67. The minimum Gasteiger partial charge on any atom is -0.361 e. The number of fused-ring (bicyclic) bond motifs is 1. The van der Waals surface area contributed by atoms with Crippen molar-refractivity contribution in [1.29, 1.82) is 0 Å². The van der Waals surface area contributed by atoms with Gasteiger partial charge in [0.05, 0.1) is 22.9 Å². The number of aromatic nitrogens is 5. The molecule has 2 fully saturated rings. The molecule has 0 bridgehead atoms. The molecule has 0 radical (unpaired) electrons. The molecule has 0 aliphatic heterocycles. The molecule has 3 heterocycles. The maximum absolute atomic E-state index is 13.1. The number of rotatable bonds is 5. The zero-order valence-corrected chi connectivity index (χ0v) is 17.8. The van der Waals surface area contributed by atoms with Crippen LogP contribution in [-0.2, 0) is 0 Å². The van der Waals surface area contributed by atoms with Gasteiger partial charge >= 0.3 is 5.69 Å². The fourth-order valence-electron chi connectivity index (χ4n) is 3.80. The minimum absolute atomic E-state index is 0.301. The molecule has 1 aromatic carbocycles. The Morgan fingerprint density at radius 1 is 1.10 bits per heavy atom. The second-order valence-corrected chi connectivity index (χ2v) is 9.45. The van der Waals surface area contributed by atoms with Crippen molar-refractivity contribution in [2.75, 3.05) is 19.0 Å². The van der Waals surface area contributed by atoms with Gasteiger partial charge in [-0.2, -0.15) is 10.1 Å². The maximum Gasteiger partial charge on any atom is 0.355 e. The van der Waals surface area contributed by atoms with Crippen LogP contribution < -0.4 is 10.6 Å². The van der Waals surface area contributed by atoms with Gasteiger partial charge in [0.1, 0.15) is 4.70 Å². The second kappa shape index (κ2) is 6.50. The predicted octanol–water partition coefficient (Wildman–Crippen LogP) is 3.98. The molecule has 0 unspecified atom stereocenters. The van der Waals surface area contributed by atoms with Crippen molar-refractivity contribution in [2.24, 2.45) is 0 Å². The highest BCUT2D eigenvalue weighted by atomic mass is 32.1. The SMILES string of the molecule is CN(C)c1nc(=O)n(-c2cccc(-c3cnn(C4CC4)c3)c2)c2nc(C3CC3)sc12. The highest BCUT2D eigenvalue weighted by Gasteiger charge is 2.29. The largest absolute Gasteiger partial charge is 0.361 e. The summed E-state index contributed by atoms with van der Waals surface area (Å²) in [6, 6.07) is 8.55. The van der Waals surface area contributed by atoms with E-state index in [0.717, 1.165) is 26.5 Å². The second-order valence-electron chi connectivity index (χ2n) is 8.42. The third-order valence-electron chi connectivity index (χ3n) is 5.74. The molecule has 0 amide bonds. The first-order chi connectivity index (χ1) is 14.6. The molecule has 2 aliphatic carbocycles. The molecule has 0 saturated heterocycles. The summed E-state index contributed by atoms with van der Waals surface area (Å²) in [5, 5.41) is 5.61. The smallest absolute Gasteiger partial charge is 0.355 e. The monoisotopic (exact) mass is 418 g/mol. The van der Waals surface area contributed by atoms with Gasteiger partial charge in [0.15, 0.2) is 11.5 Å². The molecule has 0 spiro atoms. The van der Waals surface area contributed by atoms with Crippen LogP contribution in [0, 0.1) is 0 Å². The van der Waals surface area contributed by atoms with Gasteiger partial charge in [-0.25, -0.2) is 14.3 Å². The van der Waals surface area contributed by atoms with E-state index >= 15 is 0 Å². The van der Waals surface area contributed by atoms with Gasteiger partial charge in [0, 0.05) is 31.8 Å². The van der Waals surface area contributed by atoms with Crippen molar-refractivity contribution in [1.82, 2.24) is 24.3 Å². The van der Waals surface area contributed by atoms with Crippen molar-refractivity contribution in [2.45, 2.75) is 37.6 Å². The van der Waals surface area contributed by atoms with Gasteiger partial charge in [-0.1, -0.05) is 12.1 Å². The standard InChI is InChI=1S/C22H22N6OS/c1-26(2)19-18-20(24-21(30-18)13-6-7-13)28(22(29)25-19)17-5-3-4-14(10-17)15-11-23-27(12-15)16-8-9-16/h3-5,10-13,16H,6-9H2,1-2H3. The fraction of sp³-hybridized carbons (Fsp3) is 0.364. The van der Waals surface area contributed by atoms with Crippen LogP contribution in [0.25, 0.3) is 27.2 Å². The van der Waals surface area contributed by atoms with Crippen molar-refractivity contribution >= 4 is 27.5 Å². The first-order valence-corrected chi connectivity index (χ1v) is 11.2. The first kappa shape index (κ1) is 17.8. The molecule has 2 aliphatic rings. The summed E-state index contributed by atoms with van der Waals surface area (Å²) in [6.07, 6.45) is 8.75. The topological polar surface area (TPSA) is 68.8 Å². The number of hydrogen-bond acceptors (Lipinski definition) is 6. The number of nitrogens with zero attached hydrogens (tertiary/aromatic N) is 6. The van der Waals surface area contributed by atoms with Gasteiger partial charge < -0.3 is 4.90 Å². The first-order valence-electron chi connectivity index (χ1n) is 10.3. The van der Waals surface area contributed by atoms with E-state index in [1.807, 2.05) is 48.1 Å². The van der Waals surface area contributed by atoms with Gasteiger partial charge in [0.25, 0.3) is 0 Å². The minimum atomic E-state index is -0.301. The van der Waals surface area contributed by atoms with Crippen molar-refractivity contribution in [3.63, 3.8) is 0 Å². The molecule has 6 rings (SSSR count). The molecule has 7 nitrogen and oxygen atoms in total. The molecule has 8 heteroatoms. The Labute approximate surface area is 177 Å². The number of anilines is 1. The van der Waals surface area contributed by atoms with Gasteiger partial charge in [-0.15, -0.1) is 11.3 Å². The molecule has 30 heavy (non-hydrogen) atoms. The fourth-order valence-corrected chi connectivity index (χ4v) is 5.09. The maximum atomic E-state index is 13.1. The predicted molar refractivity (Wildman–Crippen MR) is 119 cm³/mol. The van der Waals surface area contributed by atoms with Crippen LogP contribution in [0.1, 0.15) is 42.7 Å². The van der Waals surface area contributed by atoms with E-state index in [2.05, 4.69) is 22.3 Å². The van der Waals surface area contributed by atoms with Crippen molar-refractivity contribution in [3.8, 4) is 16.8 Å². The van der Waals surface area contributed by atoms with Crippen LogP contribution in [0.2, 0.25) is 0 Å². The zero-order chi connectivity index (χ0) is 20.4. The Balaban J connectivity index is 1.51. The Morgan fingerprint density at radius 3 is 2.67 bits per heavy atom. The quantitative estimate of drug-likeness (QED) is 0.490. The van der Waals surface area contributed by atoms with E-state index in [1.54, 1.807) is 15.9 Å². The lowest BCUT2D eigenvalue weighted by atomic mass is 10.1. The zero-order valence-electron chi connectivity index (χ0n) is 16.9. The van der Waals surface area contributed by atoms with E-state index < -0.39 is 0 Å². The van der Waals surface area contributed by atoms with Crippen LogP contribution in [0.4, 0.5) is 5.82 Å². The van der Waals surface area contributed by atoms with Gasteiger partial charge in [0.2, 0.25) is 0 Å². The Kier molecular flexibility index (Phi) is 3.86. The molecule has 3 aromatic heterocycles. The summed E-state index contributed by atoms with van der Waals surface area (Å²) in [5.41, 5.74) is 3.28. The van der Waals surface area contributed by atoms with E-state index in [0.29, 0.717) is 23.4 Å². The van der Waals surface area contributed by atoms with Gasteiger partial charge in [-0.3, -0.25) is 4.68 Å². The highest BCUT2D eigenvalue weighted by Crippen LogP contribution is 2.44. The van der Waals surface area contributed by atoms with Crippen LogP contribution in [0.3, 0.4) is 0 Å². The molecular weight excluding hydrogens is 396 g/mol. The van der Waals surface area contributed by atoms with Crippen molar-refractivity contribution < 1.29 is 0 Å². The number of thiazole rings is 1. The number of hydrogen-bond donors (Lipinski definition) is 0. The molecular formula is C22H22N6OS. The van der Waals surface area contributed by atoms with Crippen LogP contribution >= 0.6 is 11.3 Å². The summed E-state index contributed by atoms with van der Waals surface area (Å²) < 4.78 is 4.66. The lowest BCUT2D eigenvalue weighted by Crippen LogP contribution is -2.25. The lowest BCUT2D eigenvalue weighted by Gasteiger charge is -2.14. The van der Waals surface area contributed by atoms with Crippen LogP contribution in [0.15, 0.2) is 41.5 Å². The average molecular weight is 419 g/mol. The molecule has 152 valence electrons. The van der Waals surface area contributed by atoms with E-state index in [1.165, 1.54) is 25.7 Å². The summed E-state index contributed by atoms with van der Waals surface area (Å²) in [4.78, 5) is 24.3. The van der Waals surface area contributed by atoms with E-state index in [9.17, 15) is 4.79 Å². The van der Waals surface area contributed by atoms with E-state index in [4.69, 9.17) is 4.98 Å². The third-order valence-corrected chi connectivity index (χ3v) is 6.95. The molecule has 0 N–H and O–H groups in total. The molecule has 4 aromatic rings. The van der Waals surface area contributed by atoms with E-state index in [-0.39, 0.29) is 5.69 Å². The summed E-state index contributed by atoms with van der Waals surface area (Å²) in [7, 11) is 3.83. The Bertz CT molecular complexity index is 1330. The number of benzene rings is 1. The lowest BCUT2D eigenvalue weighted by molar-refractivity contribution is 0.642. The third kappa shape index (κ3) is 2.94. The Hall–Kier alpha value is -3.00. The van der Waals surface area contributed by atoms with Crippen molar-refractivity contribution in [3.05, 3.63) is 52.2 Å². The average Bonchev–Trinajstić information content (AvgIpc) is 3.67. The Morgan fingerprint density at radius 2 is 1.93 bits per heavy atom. The summed E-state index contributed by atoms with van der Waals surface area (Å²) in [6.45, 7) is 0. The van der Waals surface area contributed by atoms with Gasteiger partial charge in [-0.05, 0) is 43.4 Å². The molecule has 0 atom stereocenters.